The van der Waals surface area contributed by atoms with Gasteiger partial charge in [0, 0.05) is 34.5 Å². The van der Waals surface area contributed by atoms with Gasteiger partial charge in [-0.25, -0.2) is 13.1 Å². The number of fused-ring (bicyclic) bond motifs is 5. The highest BCUT2D eigenvalue weighted by Gasteiger charge is 2.32. The van der Waals surface area contributed by atoms with Crippen molar-refractivity contribution in [3.8, 4) is 22.4 Å². The smallest absolute Gasteiger partial charge is 0.258 e. The average Bonchev–Trinajstić information content (AvgIpc) is 3.16. The summed E-state index contributed by atoms with van der Waals surface area (Å²) in [5.74, 6) is -0.123. The van der Waals surface area contributed by atoms with Crippen molar-refractivity contribution in [3.05, 3.63) is 88.2 Å². The Bertz CT molecular complexity index is 1690. The summed E-state index contributed by atoms with van der Waals surface area (Å²) in [6.07, 6.45) is 0.609. The van der Waals surface area contributed by atoms with Crippen LogP contribution in [-0.2, 0) is 16.6 Å². The van der Waals surface area contributed by atoms with E-state index in [1.54, 1.807) is 54.8 Å². The Kier molecular flexibility index (Phi) is 6.12. The van der Waals surface area contributed by atoms with Crippen LogP contribution in [0.25, 0.3) is 33.2 Å². The number of nitrogens with zero attached hydrogens (tertiary/aromatic N) is 1. The van der Waals surface area contributed by atoms with Crippen LogP contribution in [0.4, 0.5) is 0 Å². The highest BCUT2D eigenvalue weighted by atomic mass is 32.2. The molecule has 0 saturated heterocycles. The SMILES string of the molecule is CC(C)NS(=O)(=O)c1cccc(-c2ccc3c(=O)n(CCCN)c4c(c3c2)C(=O)c2ccccc2-4)c1. The third-order valence-electron chi connectivity index (χ3n) is 6.38. The van der Waals surface area contributed by atoms with Gasteiger partial charge < -0.3 is 10.3 Å². The molecule has 0 atom stereocenters. The van der Waals surface area contributed by atoms with Gasteiger partial charge in [-0.1, -0.05) is 42.5 Å². The van der Waals surface area contributed by atoms with Gasteiger partial charge in [0.15, 0.2) is 5.78 Å². The van der Waals surface area contributed by atoms with Gasteiger partial charge in [-0.05, 0) is 62.2 Å². The van der Waals surface area contributed by atoms with E-state index >= 15 is 0 Å². The van der Waals surface area contributed by atoms with Crippen molar-refractivity contribution < 1.29 is 13.2 Å². The third kappa shape index (κ3) is 3.97. The van der Waals surface area contributed by atoms with Crippen LogP contribution in [0.15, 0.2) is 76.4 Å². The van der Waals surface area contributed by atoms with Crippen LogP contribution >= 0.6 is 0 Å². The number of aromatic nitrogens is 1. The van der Waals surface area contributed by atoms with Crippen LogP contribution in [-0.4, -0.2) is 31.4 Å². The number of carbonyl (C=O) groups excluding carboxylic acids is 1. The van der Waals surface area contributed by atoms with Crippen LogP contribution in [0.5, 0.6) is 0 Å². The van der Waals surface area contributed by atoms with E-state index in [1.807, 2.05) is 30.3 Å². The number of benzene rings is 3. The van der Waals surface area contributed by atoms with E-state index < -0.39 is 10.0 Å². The molecule has 3 N–H and O–H groups in total. The number of nitrogens with one attached hydrogen (secondary N) is 1. The molecule has 5 rings (SSSR count). The van der Waals surface area contributed by atoms with Crippen LogP contribution in [0.1, 0.15) is 36.2 Å². The van der Waals surface area contributed by atoms with Gasteiger partial charge >= 0.3 is 0 Å². The minimum atomic E-state index is -3.68. The zero-order valence-electron chi connectivity index (χ0n) is 20.1. The summed E-state index contributed by atoms with van der Waals surface area (Å²) in [4.78, 5) is 27.3. The molecule has 3 aromatic carbocycles. The predicted octanol–water partition coefficient (Wildman–Crippen LogP) is 3.92. The maximum atomic E-state index is 13.6. The van der Waals surface area contributed by atoms with Gasteiger partial charge in [0.2, 0.25) is 10.0 Å². The average molecular weight is 502 g/mol. The minimum absolute atomic E-state index is 0.123. The van der Waals surface area contributed by atoms with E-state index in [0.29, 0.717) is 58.2 Å². The summed E-state index contributed by atoms with van der Waals surface area (Å²) in [6, 6.07) is 19.0. The van der Waals surface area contributed by atoms with Crippen molar-refractivity contribution >= 4 is 26.6 Å². The Labute approximate surface area is 209 Å². The topological polar surface area (TPSA) is 111 Å². The first-order chi connectivity index (χ1) is 17.2. The number of pyridine rings is 1. The van der Waals surface area contributed by atoms with E-state index in [4.69, 9.17) is 5.73 Å². The van der Waals surface area contributed by atoms with Crippen molar-refractivity contribution in [2.75, 3.05) is 6.54 Å². The third-order valence-corrected chi connectivity index (χ3v) is 8.04. The molecule has 0 radical (unpaired) electrons. The predicted molar refractivity (Wildman–Crippen MR) is 142 cm³/mol. The standard InChI is InChI=1S/C28H27N3O4S/c1-17(2)30-36(34,35)20-8-5-7-18(15-20)19-11-12-23-24(16-19)25-26(31(28(23)33)14-6-13-29)21-9-3-4-10-22(21)27(25)32/h3-5,7-12,15-17,30H,6,13-14,29H2,1-2H3. The lowest BCUT2D eigenvalue weighted by Crippen LogP contribution is -2.30. The number of nitrogens with two attached hydrogens (primary N) is 1. The van der Waals surface area contributed by atoms with Crippen LogP contribution in [0.2, 0.25) is 0 Å². The Morgan fingerprint density at radius 3 is 2.33 bits per heavy atom. The quantitative estimate of drug-likeness (QED) is 0.351. The molecular weight excluding hydrogens is 474 g/mol. The fraction of sp³-hybridized carbons (Fsp3) is 0.214. The summed E-state index contributed by atoms with van der Waals surface area (Å²) in [7, 11) is -3.68. The molecule has 0 unspecified atom stereocenters. The first-order valence-corrected chi connectivity index (χ1v) is 13.4. The molecule has 0 saturated carbocycles. The molecule has 36 heavy (non-hydrogen) atoms. The van der Waals surface area contributed by atoms with E-state index in [0.717, 1.165) is 5.56 Å². The summed E-state index contributed by atoms with van der Waals surface area (Å²) < 4.78 is 29.7. The summed E-state index contributed by atoms with van der Waals surface area (Å²) in [6.45, 7) is 4.37. The molecule has 0 amide bonds. The van der Waals surface area contributed by atoms with Crippen molar-refractivity contribution in [2.24, 2.45) is 5.73 Å². The fourth-order valence-electron chi connectivity index (χ4n) is 4.84. The van der Waals surface area contributed by atoms with Gasteiger partial charge in [0.25, 0.3) is 5.56 Å². The summed E-state index contributed by atoms with van der Waals surface area (Å²) >= 11 is 0. The van der Waals surface area contributed by atoms with Gasteiger partial charge in [-0.15, -0.1) is 0 Å². The summed E-state index contributed by atoms with van der Waals surface area (Å²) in [5, 5.41) is 1.01. The lowest BCUT2D eigenvalue weighted by atomic mass is 9.97. The number of hydrogen-bond acceptors (Lipinski definition) is 5. The number of hydrogen-bond donors (Lipinski definition) is 2. The molecule has 0 fully saturated rings. The maximum absolute atomic E-state index is 13.6. The molecule has 1 aromatic heterocycles. The molecular formula is C28H27N3O4S. The van der Waals surface area contributed by atoms with E-state index in [2.05, 4.69) is 4.72 Å². The van der Waals surface area contributed by atoms with Gasteiger partial charge in [0.05, 0.1) is 16.2 Å². The minimum Gasteiger partial charge on any atom is -0.330 e. The molecule has 0 bridgehead atoms. The number of rotatable bonds is 7. The van der Waals surface area contributed by atoms with E-state index in [-0.39, 0.29) is 22.3 Å². The van der Waals surface area contributed by atoms with E-state index in [9.17, 15) is 18.0 Å². The fourth-order valence-corrected chi connectivity index (χ4v) is 6.14. The molecule has 0 spiro atoms. The lowest BCUT2D eigenvalue weighted by molar-refractivity contribution is 0.104. The number of sulfonamides is 1. The second-order valence-electron chi connectivity index (χ2n) is 9.26. The van der Waals surface area contributed by atoms with Crippen molar-refractivity contribution in [1.82, 2.24) is 9.29 Å². The van der Waals surface area contributed by atoms with Crippen LogP contribution in [0, 0.1) is 0 Å². The molecule has 7 nitrogen and oxygen atoms in total. The second kappa shape index (κ2) is 9.13. The largest absolute Gasteiger partial charge is 0.330 e. The summed E-state index contributed by atoms with van der Waals surface area (Å²) in [5.41, 5.74) is 9.37. The van der Waals surface area contributed by atoms with Gasteiger partial charge in [-0.2, -0.15) is 0 Å². The first-order valence-electron chi connectivity index (χ1n) is 11.9. The van der Waals surface area contributed by atoms with Gasteiger partial charge in [-0.3, -0.25) is 9.59 Å². The Hall–Kier alpha value is -3.59. The molecule has 1 aliphatic carbocycles. The molecule has 0 aliphatic heterocycles. The Morgan fingerprint density at radius 2 is 1.61 bits per heavy atom. The van der Waals surface area contributed by atoms with Crippen LogP contribution in [0.3, 0.4) is 0 Å². The normalized spacial score (nSPS) is 12.8. The maximum Gasteiger partial charge on any atom is 0.258 e. The van der Waals surface area contributed by atoms with Crippen molar-refractivity contribution in [1.29, 1.82) is 0 Å². The molecule has 1 aliphatic rings. The monoisotopic (exact) mass is 501 g/mol. The molecule has 4 aromatic rings. The number of carbonyl (C=O) groups is 1. The highest BCUT2D eigenvalue weighted by Crippen LogP contribution is 2.40. The van der Waals surface area contributed by atoms with Crippen LogP contribution < -0.4 is 16.0 Å². The Morgan fingerprint density at radius 1 is 0.889 bits per heavy atom. The molecule has 184 valence electrons. The first kappa shape index (κ1) is 24.1. The number of ketones is 1. The van der Waals surface area contributed by atoms with Crippen molar-refractivity contribution in [2.45, 2.75) is 37.8 Å². The Balaban J connectivity index is 1.74. The highest BCUT2D eigenvalue weighted by molar-refractivity contribution is 7.89. The lowest BCUT2D eigenvalue weighted by Gasteiger charge is -2.16. The second-order valence-corrected chi connectivity index (χ2v) is 11.0. The zero-order valence-corrected chi connectivity index (χ0v) is 20.9. The van der Waals surface area contributed by atoms with E-state index in [1.165, 1.54) is 0 Å². The molecule has 1 heterocycles. The van der Waals surface area contributed by atoms with Crippen molar-refractivity contribution in [3.63, 3.8) is 0 Å². The molecule has 8 heteroatoms. The van der Waals surface area contributed by atoms with Gasteiger partial charge in [0.1, 0.15) is 0 Å². The zero-order chi connectivity index (χ0) is 25.6.